The summed E-state index contributed by atoms with van der Waals surface area (Å²) >= 11 is 8.07. The summed E-state index contributed by atoms with van der Waals surface area (Å²) in [5.41, 5.74) is 2.04. The van der Waals surface area contributed by atoms with Gasteiger partial charge >= 0.3 is 0 Å². The molecule has 0 radical (unpaired) electrons. The third-order valence-electron chi connectivity index (χ3n) is 2.86. The lowest BCUT2D eigenvalue weighted by molar-refractivity contribution is 0.0348. The highest BCUT2D eigenvalue weighted by Gasteiger charge is 2.04. The second kappa shape index (κ2) is 8.58. The van der Waals surface area contributed by atoms with Crippen LogP contribution in [0.1, 0.15) is 5.56 Å². The number of anilines is 1. The molecule has 2 rings (SSSR count). The van der Waals surface area contributed by atoms with Gasteiger partial charge in [-0.15, -0.1) is 0 Å². The fourth-order valence-electron chi connectivity index (χ4n) is 1.79. The number of aliphatic hydroxyl groups is 1. The van der Waals surface area contributed by atoms with Crippen LogP contribution in [0.25, 0.3) is 0 Å². The first-order valence-corrected chi connectivity index (χ1v) is 8.09. The van der Waals surface area contributed by atoms with Crippen molar-refractivity contribution in [1.29, 1.82) is 0 Å². The van der Waals surface area contributed by atoms with Gasteiger partial charge in [0.1, 0.15) is 0 Å². The van der Waals surface area contributed by atoms with Crippen LogP contribution in [0.4, 0.5) is 5.69 Å². The van der Waals surface area contributed by atoms with E-state index in [1.165, 1.54) is 0 Å². The molecule has 0 spiro atoms. The van der Waals surface area contributed by atoms with Gasteiger partial charge in [0.25, 0.3) is 0 Å². The van der Waals surface area contributed by atoms with E-state index in [0.717, 1.165) is 14.8 Å². The second-order valence-corrected chi connectivity index (χ2v) is 6.37. The molecule has 112 valence electrons. The topological polar surface area (TPSA) is 41.5 Å². The Balaban J connectivity index is 1.67. The molecule has 0 fully saturated rings. The summed E-state index contributed by atoms with van der Waals surface area (Å²) < 4.78 is 6.66. The predicted octanol–water partition coefficient (Wildman–Crippen LogP) is 3.93. The van der Waals surface area contributed by atoms with Gasteiger partial charge in [0, 0.05) is 20.8 Å². The summed E-state index contributed by atoms with van der Waals surface area (Å²) in [5.74, 6) is 0. The zero-order chi connectivity index (χ0) is 15.1. The van der Waals surface area contributed by atoms with E-state index >= 15 is 0 Å². The van der Waals surface area contributed by atoms with Crippen LogP contribution in [0.2, 0.25) is 5.02 Å². The molecule has 2 aromatic carbocycles. The minimum Gasteiger partial charge on any atom is -0.389 e. The molecule has 0 bridgehead atoms. The van der Waals surface area contributed by atoms with E-state index in [4.69, 9.17) is 16.3 Å². The van der Waals surface area contributed by atoms with Crippen LogP contribution in [0.15, 0.2) is 48.5 Å². The van der Waals surface area contributed by atoms with E-state index in [9.17, 15) is 5.11 Å². The van der Waals surface area contributed by atoms with E-state index in [0.29, 0.717) is 24.8 Å². The van der Waals surface area contributed by atoms with Crippen molar-refractivity contribution in [3.05, 3.63) is 62.7 Å². The molecule has 1 atom stereocenters. The standard InChI is InChI=1S/C16H17ClINO2/c17-13-6-4-12(5-7-13)10-21-11-16(20)9-19-15-3-1-2-14(18)8-15/h1-8,16,19-20H,9-11H2. The molecule has 0 aliphatic rings. The van der Waals surface area contributed by atoms with E-state index in [-0.39, 0.29) is 0 Å². The Bertz CT molecular complexity index is 562. The average Bonchev–Trinajstić information content (AvgIpc) is 2.47. The summed E-state index contributed by atoms with van der Waals surface area (Å²) in [4.78, 5) is 0. The van der Waals surface area contributed by atoms with E-state index in [1.807, 2.05) is 48.5 Å². The Kier molecular flexibility index (Phi) is 6.76. The van der Waals surface area contributed by atoms with Gasteiger partial charge in [0.15, 0.2) is 0 Å². The minimum atomic E-state index is -0.546. The molecule has 0 aliphatic heterocycles. The number of nitrogens with one attached hydrogen (secondary N) is 1. The summed E-state index contributed by atoms with van der Waals surface area (Å²) in [5, 5.41) is 13.8. The number of ether oxygens (including phenoxy) is 1. The first-order valence-electron chi connectivity index (χ1n) is 6.63. The number of hydrogen-bond acceptors (Lipinski definition) is 3. The highest BCUT2D eigenvalue weighted by molar-refractivity contribution is 14.1. The van der Waals surface area contributed by atoms with Crippen LogP contribution < -0.4 is 5.32 Å². The summed E-state index contributed by atoms with van der Waals surface area (Å²) in [6, 6.07) is 15.5. The van der Waals surface area contributed by atoms with Crippen LogP contribution in [-0.2, 0) is 11.3 Å². The number of halogens is 2. The van der Waals surface area contributed by atoms with Crippen LogP contribution in [0, 0.1) is 3.57 Å². The number of benzene rings is 2. The quantitative estimate of drug-likeness (QED) is 0.671. The monoisotopic (exact) mass is 417 g/mol. The molecular weight excluding hydrogens is 401 g/mol. The first-order chi connectivity index (χ1) is 10.1. The van der Waals surface area contributed by atoms with Crippen molar-refractivity contribution in [2.75, 3.05) is 18.5 Å². The molecule has 0 saturated heterocycles. The average molecular weight is 418 g/mol. The van der Waals surface area contributed by atoms with Gasteiger partial charge in [-0.25, -0.2) is 0 Å². The maximum Gasteiger partial charge on any atom is 0.0945 e. The highest BCUT2D eigenvalue weighted by atomic mass is 127. The minimum absolute atomic E-state index is 0.291. The number of rotatable bonds is 7. The Hall–Kier alpha value is -0.820. The van der Waals surface area contributed by atoms with Gasteiger partial charge in [0.2, 0.25) is 0 Å². The van der Waals surface area contributed by atoms with Crippen LogP contribution in [-0.4, -0.2) is 24.4 Å². The fraction of sp³-hybridized carbons (Fsp3) is 0.250. The Morgan fingerprint density at radius 3 is 2.67 bits per heavy atom. The van der Waals surface area contributed by atoms with Crippen molar-refractivity contribution in [1.82, 2.24) is 0 Å². The lowest BCUT2D eigenvalue weighted by Crippen LogP contribution is -2.24. The molecule has 0 heterocycles. The fourth-order valence-corrected chi connectivity index (χ4v) is 2.46. The number of hydrogen-bond donors (Lipinski definition) is 2. The third-order valence-corrected chi connectivity index (χ3v) is 3.78. The Labute approximate surface area is 143 Å². The van der Waals surface area contributed by atoms with Gasteiger partial charge in [0.05, 0.1) is 19.3 Å². The van der Waals surface area contributed by atoms with Gasteiger partial charge in [-0.1, -0.05) is 29.8 Å². The van der Waals surface area contributed by atoms with Crippen LogP contribution >= 0.6 is 34.2 Å². The van der Waals surface area contributed by atoms with E-state index < -0.39 is 6.10 Å². The highest BCUT2D eigenvalue weighted by Crippen LogP contribution is 2.12. The maximum absolute atomic E-state index is 9.89. The van der Waals surface area contributed by atoms with Crippen LogP contribution in [0.3, 0.4) is 0 Å². The maximum atomic E-state index is 9.89. The van der Waals surface area contributed by atoms with Crippen molar-refractivity contribution in [2.24, 2.45) is 0 Å². The molecule has 1 unspecified atom stereocenters. The molecule has 2 aromatic rings. The molecule has 3 nitrogen and oxygen atoms in total. The molecule has 0 amide bonds. The molecule has 0 aromatic heterocycles. The largest absolute Gasteiger partial charge is 0.389 e. The normalized spacial score (nSPS) is 12.1. The molecular formula is C16H17ClINO2. The predicted molar refractivity (Wildman–Crippen MR) is 94.8 cm³/mol. The summed E-state index contributed by atoms with van der Waals surface area (Å²) in [6.07, 6.45) is -0.546. The van der Waals surface area contributed by atoms with E-state index in [2.05, 4.69) is 27.9 Å². The summed E-state index contributed by atoms with van der Waals surface area (Å²) in [7, 11) is 0. The molecule has 0 aliphatic carbocycles. The zero-order valence-electron chi connectivity index (χ0n) is 11.4. The molecule has 21 heavy (non-hydrogen) atoms. The molecule has 2 N–H and O–H groups in total. The number of aliphatic hydroxyl groups excluding tert-OH is 1. The molecule has 5 heteroatoms. The van der Waals surface area contributed by atoms with Gasteiger partial charge < -0.3 is 15.2 Å². The van der Waals surface area contributed by atoms with Gasteiger partial charge in [-0.05, 0) is 58.5 Å². The smallest absolute Gasteiger partial charge is 0.0945 e. The SMILES string of the molecule is OC(CNc1cccc(I)c1)COCc1ccc(Cl)cc1. The van der Waals surface area contributed by atoms with Crippen molar-refractivity contribution < 1.29 is 9.84 Å². The second-order valence-electron chi connectivity index (χ2n) is 4.69. The summed E-state index contributed by atoms with van der Waals surface area (Å²) in [6.45, 7) is 1.22. The lowest BCUT2D eigenvalue weighted by atomic mass is 10.2. The van der Waals surface area contributed by atoms with Crippen molar-refractivity contribution in [2.45, 2.75) is 12.7 Å². The Morgan fingerprint density at radius 2 is 1.95 bits per heavy atom. The first kappa shape index (κ1) is 16.5. The Morgan fingerprint density at radius 1 is 1.19 bits per heavy atom. The van der Waals surface area contributed by atoms with Gasteiger partial charge in [-0.3, -0.25) is 0 Å². The van der Waals surface area contributed by atoms with Crippen molar-refractivity contribution in [3.8, 4) is 0 Å². The van der Waals surface area contributed by atoms with Crippen molar-refractivity contribution >= 4 is 39.9 Å². The van der Waals surface area contributed by atoms with Crippen molar-refractivity contribution in [3.63, 3.8) is 0 Å². The van der Waals surface area contributed by atoms with Gasteiger partial charge in [-0.2, -0.15) is 0 Å². The van der Waals surface area contributed by atoms with E-state index in [1.54, 1.807) is 0 Å². The molecule has 0 saturated carbocycles. The van der Waals surface area contributed by atoms with Crippen LogP contribution in [0.5, 0.6) is 0 Å². The zero-order valence-corrected chi connectivity index (χ0v) is 14.3. The third kappa shape index (κ3) is 6.22. The lowest BCUT2D eigenvalue weighted by Gasteiger charge is -2.13.